The molecule has 0 unspecified atom stereocenters. The zero-order valence-electron chi connectivity index (χ0n) is 16.1. The Morgan fingerprint density at radius 1 is 0.677 bits per heavy atom. The third-order valence-electron chi connectivity index (χ3n) is 4.48. The third-order valence-corrected chi connectivity index (χ3v) is 7.05. The van der Waals surface area contributed by atoms with Gasteiger partial charge in [-0.2, -0.15) is 38.1 Å². The summed E-state index contributed by atoms with van der Waals surface area (Å²) in [4.78, 5) is 0. The maximum Gasteiger partial charge on any atom is 0.416 e. The van der Waals surface area contributed by atoms with Crippen molar-refractivity contribution in [2.45, 2.75) is 38.0 Å². The second-order valence-corrected chi connectivity index (χ2v) is 9.81. The standard InChI is InChI=1S/C20H20Br2F6N2S/c21-17-9-11(29)7-15(19(23,24)25)13(17)3-1-5-31-6-2-4-14-16(20(26,27)28)8-12(30)10-18(14)22/h7-10H,1-6,29-30H2. The van der Waals surface area contributed by atoms with E-state index < -0.39 is 23.5 Å². The van der Waals surface area contributed by atoms with Gasteiger partial charge in [0, 0.05) is 20.3 Å². The summed E-state index contributed by atoms with van der Waals surface area (Å²) in [6, 6.07) is 4.74. The molecule has 4 N–H and O–H groups in total. The van der Waals surface area contributed by atoms with E-state index in [9.17, 15) is 26.3 Å². The molecule has 0 atom stereocenters. The predicted octanol–water partition coefficient (Wildman–Crippen LogP) is 7.71. The van der Waals surface area contributed by atoms with Crippen molar-refractivity contribution in [3.63, 3.8) is 0 Å². The van der Waals surface area contributed by atoms with Gasteiger partial charge in [0.2, 0.25) is 0 Å². The highest BCUT2D eigenvalue weighted by molar-refractivity contribution is 9.10. The van der Waals surface area contributed by atoms with Crippen LogP contribution in [-0.4, -0.2) is 11.5 Å². The number of alkyl halides is 6. The van der Waals surface area contributed by atoms with E-state index in [4.69, 9.17) is 11.5 Å². The lowest BCUT2D eigenvalue weighted by Gasteiger charge is -2.16. The van der Waals surface area contributed by atoms with Crippen molar-refractivity contribution in [1.29, 1.82) is 0 Å². The van der Waals surface area contributed by atoms with Crippen LogP contribution in [-0.2, 0) is 25.2 Å². The molecule has 0 radical (unpaired) electrons. The van der Waals surface area contributed by atoms with Gasteiger partial charge < -0.3 is 11.5 Å². The molecular weight excluding hydrogens is 574 g/mol. The zero-order valence-corrected chi connectivity index (χ0v) is 20.1. The molecule has 172 valence electrons. The molecule has 0 aromatic heterocycles. The van der Waals surface area contributed by atoms with Crippen molar-refractivity contribution in [1.82, 2.24) is 0 Å². The van der Waals surface area contributed by atoms with E-state index in [1.54, 1.807) is 0 Å². The van der Waals surface area contributed by atoms with Gasteiger partial charge in [-0.25, -0.2) is 0 Å². The minimum atomic E-state index is -4.50. The Labute approximate surface area is 197 Å². The van der Waals surface area contributed by atoms with Gasteiger partial charge >= 0.3 is 12.4 Å². The summed E-state index contributed by atoms with van der Waals surface area (Å²) in [6.07, 6.45) is -7.58. The molecule has 2 aromatic carbocycles. The molecule has 31 heavy (non-hydrogen) atoms. The lowest BCUT2D eigenvalue weighted by atomic mass is 10.0. The number of anilines is 2. The lowest BCUT2D eigenvalue weighted by molar-refractivity contribution is -0.139. The van der Waals surface area contributed by atoms with E-state index in [-0.39, 0.29) is 35.3 Å². The summed E-state index contributed by atoms with van der Waals surface area (Å²) in [5.74, 6) is 1.17. The quantitative estimate of drug-likeness (QED) is 0.187. The molecule has 0 heterocycles. The first-order chi connectivity index (χ1) is 14.3. The van der Waals surface area contributed by atoms with Gasteiger partial charge in [0.05, 0.1) is 11.1 Å². The molecular formula is C20H20Br2F6N2S. The molecule has 0 saturated carbocycles. The molecule has 0 bridgehead atoms. The fourth-order valence-corrected chi connectivity index (χ4v) is 5.39. The number of hydrogen-bond acceptors (Lipinski definition) is 3. The average Bonchev–Trinajstić information content (AvgIpc) is 2.61. The number of benzene rings is 2. The first-order valence-corrected chi connectivity index (χ1v) is 11.9. The summed E-state index contributed by atoms with van der Waals surface area (Å²) >= 11 is 7.80. The van der Waals surface area contributed by atoms with E-state index in [0.717, 1.165) is 12.1 Å². The molecule has 0 aliphatic rings. The van der Waals surface area contributed by atoms with Crippen LogP contribution >= 0.6 is 43.6 Å². The van der Waals surface area contributed by atoms with E-state index in [2.05, 4.69) is 31.9 Å². The SMILES string of the molecule is Nc1cc(Br)c(CCCSCCCc2c(Br)cc(N)cc2C(F)(F)F)c(C(F)(F)F)c1. The van der Waals surface area contributed by atoms with Crippen LogP contribution in [0.15, 0.2) is 33.2 Å². The fourth-order valence-electron chi connectivity index (χ4n) is 3.13. The van der Waals surface area contributed by atoms with Crippen LogP contribution in [0.4, 0.5) is 37.7 Å². The van der Waals surface area contributed by atoms with E-state index in [0.29, 0.717) is 33.3 Å². The molecule has 0 amide bonds. The Hall–Kier alpha value is -1.07. The number of nitrogen functional groups attached to an aromatic ring is 2. The second kappa shape index (κ2) is 10.7. The van der Waals surface area contributed by atoms with Crippen LogP contribution in [0, 0.1) is 0 Å². The maximum absolute atomic E-state index is 13.2. The Kier molecular flexibility index (Phi) is 9.04. The van der Waals surface area contributed by atoms with Crippen LogP contribution in [0.25, 0.3) is 0 Å². The van der Waals surface area contributed by atoms with E-state index in [1.807, 2.05) is 0 Å². The van der Waals surface area contributed by atoms with E-state index in [1.165, 1.54) is 23.9 Å². The fraction of sp³-hybridized carbons (Fsp3) is 0.400. The molecule has 0 saturated heterocycles. The van der Waals surface area contributed by atoms with Crippen molar-refractivity contribution < 1.29 is 26.3 Å². The minimum Gasteiger partial charge on any atom is -0.399 e. The van der Waals surface area contributed by atoms with Crippen molar-refractivity contribution >= 4 is 55.0 Å². The number of rotatable bonds is 8. The highest BCUT2D eigenvalue weighted by Crippen LogP contribution is 2.39. The molecule has 0 spiro atoms. The smallest absolute Gasteiger partial charge is 0.399 e. The molecule has 11 heteroatoms. The Morgan fingerprint density at radius 3 is 1.35 bits per heavy atom. The number of nitrogens with two attached hydrogens (primary N) is 2. The molecule has 0 aliphatic carbocycles. The highest BCUT2D eigenvalue weighted by atomic mass is 79.9. The Morgan fingerprint density at radius 2 is 1.03 bits per heavy atom. The van der Waals surface area contributed by atoms with Gasteiger partial charge in [-0.05, 0) is 72.6 Å². The summed E-state index contributed by atoms with van der Waals surface area (Å²) in [5.41, 5.74) is 9.92. The van der Waals surface area contributed by atoms with Gasteiger partial charge in [0.15, 0.2) is 0 Å². The monoisotopic (exact) mass is 592 g/mol. The van der Waals surface area contributed by atoms with Crippen LogP contribution in [0.5, 0.6) is 0 Å². The van der Waals surface area contributed by atoms with Gasteiger partial charge in [0.1, 0.15) is 0 Å². The molecule has 0 fully saturated rings. The minimum absolute atomic E-state index is 0.0318. The Balaban J connectivity index is 1.88. The van der Waals surface area contributed by atoms with Gasteiger partial charge in [-0.1, -0.05) is 31.9 Å². The van der Waals surface area contributed by atoms with Gasteiger partial charge in [-0.3, -0.25) is 0 Å². The molecule has 2 rings (SSSR count). The summed E-state index contributed by atoms with van der Waals surface area (Å²) in [5, 5.41) is 0. The van der Waals surface area contributed by atoms with Crippen LogP contribution in [0.1, 0.15) is 35.1 Å². The third kappa shape index (κ3) is 7.49. The van der Waals surface area contributed by atoms with Crippen LogP contribution in [0.3, 0.4) is 0 Å². The predicted molar refractivity (Wildman–Crippen MR) is 121 cm³/mol. The largest absolute Gasteiger partial charge is 0.416 e. The number of halogens is 8. The molecule has 0 aliphatic heterocycles. The average molecular weight is 594 g/mol. The van der Waals surface area contributed by atoms with Crippen molar-refractivity contribution in [3.05, 3.63) is 55.5 Å². The van der Waals surface area contributed by atoms with Crippen LogP contribution < -0.4 is 11.5 Å². The molecule has 2 aromatic rings. The first-order valence-electron chi connectivity index (χ1n) is 9.18. The van der Waals surface area contributed by atoms with Gasteiger partial charge in [0.25, 0.3) is 0 Å². The number of thioether (sulfide) groups is 1. The van der Waals surface area contributed by atoms with Crippen LogP contribution in [0.2, 0.25) is 0 Å². The summed E-state index contributed by atoms with van der Waals surface area (Å²) in [6.45, 7) is 0. The number of hydrogen-bond donors (Lipinski definition) is 2. The van der Waals surface area contributed by atoms with Gasteiger partial charge in [-0.15, -0.1) is 0 Å². The van der Waals surface area contributed by atoms with Crippen molar-refractivity contribution in [3.8, 4) is 0 Å². The van der Waals surface area contributed by atoms with E-state index >= 15 is 0 Å². The second-order valence-electron chi connectivity index (χ2n) is 6.87. The van der Waals surface area contributed by atoms with Crippen molar-refractivity contribution in [2.24, 2.45) is 0 Å². The maximum atomic E-state index is 13.2. The Bertz CT molecular complexity index is 843. The normalized spacial score (nSPS) is 12.4. The highest BCUT2D eigenvalue weighted by Gasteiger charge is 2.35. The summed E-state index contributed by atoms with van der Waals surface area (Å²) < 4.78 is 80.1. The zero-order chi connectivity index (χ0) is 23.4. The summed E-state index contributed by atoms with van der Waals surface area (Å²) in [7, 11) is 0. The lowest BCUT2D eigenvalue weighted by Crippen LogP contribution is -2.11. The molecule has 2 nitrogen and oxygen atoms in total. The first kappa shape index (κ1) is 26.2. The van der Waals surface area contributed by atoms with Crippen molar-refractivity contribution in [2.75, 3.05) is 23.0 Å². The topological polar surface area (TPSA) is 52.0 Å².